The molecule has 0 atom stereocenters. The Labute approximate surface area is 135 Å². The Kier molecular flexibility index (Phi) is 5.52. The van der Waals surface area contributed by atoms with E-state index >= 15 is 0 Å². The SMILES string of the molecule is C=CCc1cc(C=Nc2ccc(F)c(C)c2)cc(OCC)c1O. The zero-order valence-electron chi connectivity index (χ0n) is 13.3. The Balaban J connectivity index is 2.35. The van der Waals surface area contributed by atoms with E-state index in [1.165, 1.54) is 6.07 Å². The Hall–Kier alpha value is -2.62. The fourth-order valence-corrected chi connectivity index (χ4v) is 2.20. The van der Waals surface area contributed by atoms with Crippen molar-refractivity contribution in [1.82, 2.24) is 0 Å². The normalized spacial score (nSPS) is 10.9. The molecule has 0 aliphatic heterocycles. The van der Waals surface area contributed by atoms with E-state index in [2.05, 4.69) is 11.6 Å². The lowest BCUT2D eigenvalue weighted by Crippen LogP contribution is -1.96. The summed E-state index contributed by atoms with van der Waals surface area (Å²) in [6, 6.07) is 8.26. The van der Waals surface area contributed by atoms with E-state index in [4.69, 9.17) is 4.74 Å². The predicted molar refractivity (Wildman–Crippen MR) is 91.6 cm³/mol. The van der Waals surface area contributed by atoms with Gasteiger partial charge in [0.25, 0.3) is 0 Å². The number of nitrogens with zero attached hydrogens (tertiary/aromatic N) is 1. The quantitative estimate of drug-likeness (QED) is 0.619. The third-order valence-electron chi connectivity index (χ3n) is 3.34. The number of aliphatic imine (C=N–C) groups is 1. The standard InChI is InChI=1S/C19H20FNO2/c1-4-6-15-10-14(11-18(19(15)22)23-5-2)12-21-16-7-8-17(20)13(3)9-16/h4,7-12,22H,1,5-6H2,2-3H3. The Morgan fingerprint density at radius 2 is 2.09 bits per heavy atom. The van der Waals surface area contributed by atoms with Crippen molar-refractivity contribution < 1.29 is 14.2 Å². The lowest BCUT2D eigenvalue weighted by atomic mass is 10.1. The summed E-state index contributed by atoms with van der Waals surface area (Å²) in [6.45, 7) is 7.70. The van der Waals surface area contributed by atoms with Gasteiger partial charge in [-0.15, -0.1) is 6.58 Å². The molecule has 0 aromatic heterocycles. The number of rotatable bonds is 6. The smallest absolute Gasteiger partial charge is 0.161 e. The molecule has 0 amide bonds. The molecule has 0 heterocycles. The molecule has 0 radical (unpaired) electrons. The highest BCUT2D eigenvalue weighted by Gasteiger charge is 2.09. The van der Waals surface area contributed by atoms with Crippen LogP contribution in [0.25, 0.3) is 0 Å². The first-order chi connectivity index (χ1) is 11.0. The van der Waals surface area contributed by atoms with Crippen LogP contribution in [0.4, 0.5) is 10.1 Å². The highest BCUT2D eigenvalue weighted by Crippen LogP contribution is 2.32. The molecule has 2 rings (SSSR count). The number of benzene rings is 2. The number of aromatic hydroxyl groups is 1. The fraction of sp³-hybridized carbons (Fsp3) is 0.211. The van der Waals surface area contributed by atoms with E-state index in [0.29, 0.717) is 30.0 Å². The van der Waals surface area contributed by atoms with E-state index in [1.807, 2.05) is 13.0 Å². The third kappa shape index (κ3) is 4.19. The van der Waals surface area contributed by atoms with Gasteiger partial charge >= 0.3 is 0 Å². The van der Waals surface area contributed by atoms with Crippen LogP contribution >= 0.6 is 0 Å². The van der Waals surface area contributed by atoms with Crippen molar-refractivity contribution >= 4 is 11.9 Å². The molecule has 0 saturated heterocycles. The summed E-state index contributed by atoms with van der Waals surface area (Å²) in [6.07, 6.45) is 3.92. The molecule has 2 aromatic rings. The van der Waals surface area contributed by atoms with E-state index in [0.717, 1.165) is 11.1 Å². The van der Waals surface area contributed by atoms with Crippen LogP contribution in [0.1, 0.15) is 23.6 Å². The van der Waals surface area contributed by atoms with Gasteiger partial charge in [0.2, 0.25) is 0 Å². The zero-order valence-corrected chi connectivity index (χ0v) is 13.3. The summed E-state index contributed by atoms with van der Waals surface area (Å²) < 4.78 is 18.7. The zero-order chi connectivity index (χ0) is 16.8. The molecule has 0 spiro atoms. The Bertz CT molecular complexity index is 738. The molecule has 4 heteroatoms. The number of phenols is 1. The Morgan fingerprint density at radius 3 is 2.74 bits per heavy atom. The average Bonchev–Trinajstić information content (AvgIpc) is 2.53. The molecule has 23 heavy (non-hydrogen) atoms. The van der Waals surface area contributed by atoms with Crippen molar-refractivity contribution in [2.75, 3.05) is 6.61 Å². The molecule has 0 aliphatic carbocycles. The van der Waals surface area contributed by atoms with Gasteiger partial charge in [-0.2, -0.15) is 0 Å². The van der Waals surface area contributed by atoms with Crippen molar-refractivity contribution in [3.05, 3.63) is 65.5 Å². The number of halogens is 1. The third-order valence-corrected chi connectivity index (χ3v) is 3.34. The lowest BCUT2D eigenvalue weighted by molar-refractivity contribution is 0.317. The number of hydrogen-bond acceptors (Lipinski definition) is 3. The average molecular weight is 313 g/mol. The summed E-state index contributed by atoms with van der Waals surface area (Å²) in [4.78, 5) is 4.36. The van der Waals surface area contributed by atoms with Gasteiger partial charge in [0.1, 0.15) is 5.82 Å². The number of hydrogen-bond donors (Lipinski definition) is 1. The highest BCUT2D eigenvalue weighted by atomic mass is 19.1. The second-order valence-corrected chi connectivity index (χ2v) is 5.14. The summed E-state index contributed by atoms with van der Waals surface area (Å²) in [7, 11) is 0. The summed E-state index contributed by atoms with van der Waals surface area (Å²) in [5, 5.41) is 10.2. The first kappa shape index (κ1) is 16.7. The van der Waals surface area contributed by atoms with Crippen LogP contribution in [0.3, 0.4) is 0 Å². The molecule has 0 bridgehead atoms. The molecule has 2 aromatic carbocycles. The monoisotopic (exact) mass is 313 g/mol. The van der Waals surface area contributed by atoms with Crippen LogP contribution in [0.15, 0.2) is 48.0 Å². The van der Waals surface area contributed by atoms with Gasteiger partial charge in [-0.1, -0.05) is 6.08 Å². The molecule has 0 unspecified atom stereocenters. The van der Waals surface area contributed by atoms with Crippen LogP contribution in [0, 0.1) is 12.7 Å². The summed E-state index contributed by atoms with van der Waals surface area (Å²) in [5.74, 6) is 0.297. The maximum atomic E-state index is 13.3. The van der Waals surface area contributed by atoms with Crippen LogP contribution in [0.5, 0.6) is 11.5 Å². The summed E-state index contributed by atoms with van der Waals surface area (Å²) in [5.41, 5.74) is 2.74. The van der Waals surface area contributed by atoms with Gasteiger partial charge in [-0.25, -0.2) is 4.39 Å². The van der Waals surface area contributed by atoms with Gasteiger partial charge in [0, 0.05) is 11.8 Å². The molecule has 1 N–H and O–H groups in total. The van der Waals surface area contributed by atoms with Crippen LogP contribution in [-0.2, 0) is 6.42 Å². The molecule has 0 fully saturated rings. The first-order valence-electron chi connectivity index (χ1n) is 7.45. The van der Waals surface area contributed by atoms with Crippen molar-refractivity contribution in [3.63, 3.8) is 0 Å². The minimum Gasteiger partial charge on any atom is -0.504 e. The van der Waals surface area contributed by atoms with E-state index in [9.17, 15) is 9.50 Å². The van der Waals surface area contributed by atoms with Crippen LogP contribution in [-0.4, -0.2) is 17.9 Å². The topological polar surface area (TPSA) is 41.8 Å². The summed E-state index contributed by atoms with van der Waals surface area (Å²) >= 11 is 0. The lowest BCUT2D eigenvalue weighted by Gasteiger charge is -2.10. The van der Waals surface area contributed by atoms with Crippen molar-refractivity contribution in [2.45, 2.75) is 20.3 Å². The highest BCUT2D eigenvalue weighted by molar-refractivity contribution is 5.83. The minimum absolute atomic E-state index is 0.126. The Morgan fingerprint density at radius 1 is 1.30 bits per heavy atom. The second kappa shape index (κ2) is 7.58. The number of ether oxygens (including phenoxy) is 1. The van der Waals surface area contributed by atoms with Gasteiger partial charge < -0.3 is 9.84 Å². The molecule has 3 nitrogen and oxygen atoms in total. The van der Waals surface area contributed by atoms with Gasteiger partial charge in [-0.05, 0) is 61.7 Å². The first-order valence-corrected chi connectivity index (χ1v) is 7.45. The molecular formula is C19H20FNO2. The number of aryl methyl sites for hydroxylation is 1. The predicted octanol–water partition coefficient (Wildman–Crippen LogP) is 4.72. The number of phenolic OH excluding ortho intramolecular Hbond substituents is 1. The molecule has 0 aliphatic rings. The fourth-order valence-electron chi connectivity index (χ4n) is 2.20. The van der Waals surface area contributed by atoms with Crippen LogP contribution in [0.2, 0.25) is 0 Å². The minimum atomic E-state index is -0.250. The largest absolute Gasteiger partial charge is 0.504 e. The van der Waals surface area contributed by atoms with E-state index < -0.39 is 0 Å². The van der Waals surface area contributed by atoms with Gasteiger partial charge in [-0.3, -0.25) is 4.99 Å². The molecule has 120 valence electrons. The van der Waals surface area contributed by atoms with Gasteiger partial charge in [0.15, 0.2) is 11.5 Å². The van der Waals surface area contributed by atoms with Gasteiger partial charge in [0.05, 0.1) is 12.3 Å². The maximum absolute atomic E-state index is 13.3. The van der Waals surface area contributed by atoms with Crippen LogP contribution < -0.4 is 4.74 Å². The molecular weight excluding hydrogens is 293 g/mol. The van der Waals surface area contributed by atoms with E-state index in [1.54, 1.807) is 37.4 Å². The number of allylic oxidation sites excluding steroid dienone is 1. The molecule has 0 saturated carbocycles. The van der Waals surface area contributed by atoms with Crippen molar-refractivity contribution in [1.29, 1.82) is 0 Å². The maximum Gasteiger partial charge on any atom is 0.161 e. The van der Waals surface area contributed by atoms with Crippen molar-refractivity contribution in [2.24, 2.45) is 4.99 Å². The second-order valence-electron chi connectivity index (χ2n) is 5.14. The van der Waals surface area contributed by atoms with E-state index in [-0.39, 0.29) is 11.6 Å². The van der Waals surface area contributed by atoms with Crippen molar-refractivity contribution in [3.8, 4) is 11.5 Å².